The number of carboxylic acid groups (broad SMARTS) is 3. The van der Waals surface area contributed by atoms with Crippen molar-refractivity contribution in [2.45, 2.75) is 130 Å². The van der Waals surface area contributed by atoms with Gasteiger partial charge in [0.1, 0.15) is 0 Å². The molecule has 0 aromatic heterocycles. The Hall–Kier alpha value is -1.59. The fourth-order valence-electron chi connectivity index (χ4n) is 2.44. The third-order valence-corrected chi connectivity index (χ3v) is 4.23. The van der Waals surface area contributed by atoms with E-state index >= 15 is 0 Å². The fraction of sp³-hybridized carbons (Fsp3) is 0.870. The van der Waals surface area contributed by atoms with Gasteiger partial charge in [-0.15, -0.1) is 0 Å². The minimum absolute atomic E-state index is 0.316. The van der Waals surface area contributed by atoms with Gasteiger partial charge in [0.2, 0.25) is 0 Å². The van der Waals surface area contributed by atoms with Crippen LogP contribution in [0.25, 0.3) is 0 Å². The number of unbranched alkanes of at least 4 members (excludes halogenated alkanes) is 11. The van der Waals surface area contributed by atoms with Crippen molar-refractivity contribution in [1.82, 2.24) is 0 Å². The Labute approximate surface area is 178 Å². The Morgan fingerprint density at radius 3 is 0.897 bits per heavy atom. The van der Waals surface area contributed by atoms with Gasteiger partial charge in [0.25, 0.3) is 0 Å². The first-order valence-corrected chi connectivity index (χ1v) is 11.5. The van der Waals surface area contributed by atoms with E-state index in [1.165, 1.54) is 51.4 Å². The molecule has 6 heteroatoms. The highest BCUT2D eigenvalue weighted by molar-refractivity contribution is 5.67. The summed E-state index contributed by atoms with van der Waals surface area (Å²) in [7, 11) is 0. The van der Waals surface area contributed by atoms with E-state index in [1.54, 1.807) is 0 Å². The normalized spacial score (nSPS) is 9.62. The van der Waals surface area contributed by atoms with Gasteiger partial charge >= 0.3 is 17.9 Å². The van der Waals surface area contributed by atoms with Gasteiger partial charge in [-0.3, -0.25) is 14.4 Å². The molecule has 0 saturated heterocycles. The van der Waals surface area contributed by atoms with E-state index in [2.05, 4.69) is 13.8 Å². The van der Waals surface area contributed by atoms with Crippen LogP contribution in [0.3, 0.4) is 0 Å². The van der Waals surface area contributed by atoms with Crippen LogP contribution in [0.2, 0.25) is 0 Å². The summed E-state index contributed by atoms with van der Waals surface area (Å²) in [6, 6.07) is 0. The molecule has 0 spiro atoms. The fourth-order valence-corrected chi connectivity index (χ4v) is 2.44. The Bertz CT molecular complexity index is 342. The number of carboxylic acids is 3. The van der Waals surface area contributed by atoms with Crippen LogP contribution in [0.1, 0.15) is 130 Å². The van der Waals surface area contributed by atoms with E-state index in [1.807, 2.05) is 6.92 Å². The van der Waals surface area contributed by atoms with Gasteiger partial charge in [-0.05, 0) is 19.3 Å². The SMILES string of the molecule is CCCCC(=O)O.CCCCCCCCC(=O)O.CCCCCCCCC(=O)O. The Morgan fingerprint density at radius 1 is 0.414 bits per heavy atom. The van der Waals surface area contributed by atoms with Crippen molar-refractivity contribution in [2.75, 3.05) is 0 Å². The lowest BCUT2D eigenvalue weighted by molar-refractivity contribution is -0.138. The zero-order chi connectivity index (χ0) is 22.8. The maximum atomic E-state index is 10.1. The largest absolute Gasteiger partial charge is 0.481 e. The summed E-state index contributed by atoms with van der Waals surface area (Å²) in [5, 5.41) is 24.7. The molecule has 174 valence electrons. The number of carbonyl (C=O) groups is 3. The van der Waals surface area contributed by atoms with Gasteiger partial charge in [0, 0.05) is 19.3 Å². The highest BCUT2D eigenvalue weighted by Crippen LogP contribution is 2.07. The summed E-state index contributed by atoms with van der Waals surface area (Å²) in [5.74, 6) is -2.03. The highest BCUT2D eigenvalue weighted by Gasteiger charge is 1.96. The molecule has 0 atom stereocenters. The molecule has 29 heavy (non-hydrogen) atoms. The van der Waals surface area contributed by atoms with Crippen LogP contribution >= 0.6 is 0 Å². The average Bonchev–Trinajstić information content (AvgIpc) is 2.66. The van der Waals surface area contributed by atoms with Crippen molar-refractivity contribution in [3.63, 3.8) is 0 Å². The van der Waals surface area contributed by atoms with Gasteiger partial charge in [-0.2, -0.15) is 0 Å². The summed E-state index contributed by atoms with van der Waals surface area (Å²) in [4.78, 5) is 29.9. The van der Waals surface area contributed by atoms with Crippen molar-refractivity contribution in [1.29, 1.82) is 0 Å². The third kappa shape index (κ3) is 46.4. The molecule has 0 fully saturated rings. The minimum Gasteiger partial charge on any atom is -0.481 e. The maximum Gasteiger partial charge on any atom is 0.303 e. The van der Waals surface area contributed by atoms with Crippen LogP contribution in [0, 0.1) is 0 Å². The summed E-state index contributed by atoms with van der Waals surface area (Å²) in [5.41, 5.74) is 0. The van der Waals surface area contributed by atoms with Crippen molar-refractivity contribution in [3.05, 3.63) is 0 Å². The van der Waals surface area contributed by atoms with Gasteiger partial charge in [0.05, 0.1) is 0 Å². The standard InChI is InChI=1S/2C9H18O2.C5H10O2/c2*1-2-3-4-5-6-7-8-9(10)11;1-2-3-4-5(6)7/h2*2-8H2,1H3,(H,10,11);2-4H2,1H3,(H,6,7). The van der Waals surface area contributed by atoms with Crippen LogP contribution in [0.5, 0.6) is 0 Å². The number of rotatable bonds is 17. The molecule has 0 saturated carbocycles. The van der Waals surface area contributed by atoms with Crippen LogP contribution in [-0.4, -0.2) is 33.2 Å². The first-order chi connectivity index (χ1) is 13.8. The first-order valence-electron chi connectivity index (χ1n) is 11.5. The molecule has 0 amide bonds. The molecule has 0 radical (unpaired) electrons. The van der Waals surface area contributed by atoms with Crippen molar-refractivity contribution in [3.8, 4) is 0 Å². The van der Waals surface area contributed by atoms with Crippen LogP contribution in [0.4, 0.5) is 0 Å². The number of hydrogen-bond acceptors (Lipinski definition) is 3. The van der Waals surface area contributed by atoms with E-state index in [0.717, 1.165) is 38.5 Å². The lowest BCUT2D eigenvalue weighted by atomic mass is 10.1. The molecule has 0 aliphatic rings. The number of hydrogen-bond donors (Lipinski definition) is 3. The van der Waals surface area contributed by atoms with E-state index in [-0.39, 0.29) is 0 Å². The monoisotopic (exact) mass is 418 g/mol. The zero-order valence-corrected chi connectivity index (χ0v) is 19.1. The summed E-state index contributed by atoms with van der Waals surface area (Å²) in [6.45, 7) is 6.33. The van der Waals surface area contributed by atoms with Gasteiger partial charge in [-0.1, -0.05) is 91.4 Å². The molecule has 0 aliphatic carbocycles. The molecule has 0 bridgehead atoms. The van der Waals surface area contributed by atoms with Gasteiger partial charge in [0.15, 0.2) is 0 Å². The quantitative estimate of drug-likeness (QED) is 0.221. The summed E-state index contributed by atoms with van der Waals surface area (Å²) < 4.78 is 0. The van der Waals surface area contributed by atoms with E-state index in [4.69, 9.17) is 15.3 Å². The topological polar surface area (TPSA) is 112 Å². The van der Waals surface area contributed by atoms with E-state index in [9.17, 15) is 14.4 Å². The molecule has 3 N–H and O–H groups in total. The van der Waals surface area contributed by atoms with Crippen LogP contribution < -0.4 is 0 Å². The lowest BCUT2D eigenvalue weighted by Gasteiger charge is -1.97. The van der Waals surface area contributed by atoms with Crippen molar-refractivity contribution >= 4 is 17.9 Å². The number of aliphatic carboxylic acids is 3. The molecule has 0 heterocycles. The molecule has 0 rings (SSSR count). The summed E-state index contributed by atoms with van der Waals surface area (Å²) >= 11 is 0. The average molecular weight is 419 g/mol. The second-order valence-electron chi connectivity index (χ2n) is 7.32. The lowest BCUT2D eigenvalue weighted by Crippen LogP contribution is -1.93. The molecule has 0 aliphatic heterocycles. The van der Waals surface area contributed by atoms with Gasteiger partial charge < -0.3 is 15.3 Å². The second kappa shape index (κ2) is 28.6. The molecular formula is C23H46O6. The Morgan fingerprint density at radius 2 is 0.655 bits per heavy atom. The van der Waals surface area contributed by atoms with Gasteiger partial charge in [-0.25, -0.2) is 0 Å². The summed E-state index contributed by atoms with van der Waals surface area (Å²) in [6.07, 6.45) is 16.6. The third-order valence-electron chi connectivity index (χ3n) is 4.23. The molecular weight excluding hydrogens is 372 g/mol. The predicted molar refractivity (Wildman–Crippen MR) is 118 cm³/mol. The molecule has 0 aromatic carbocycles. The van der Waals surface area contributed by atoms with Crippen LogP contribution in [0.15, 0.2) is 0 Å². The van der Waals surface area contributed by atoms with E-state index < -0.39 is 17.9 Å². The highest BCUT2D eigenvalue weighted by atomic mass is 16.4. The van der Waals surface area contributed by atoms with Crippen molar-refractivity contribution < 1.29 is 29.7 Å². The zero-order valence-electron chi connectivity index (χ0n) is 19.1. The Balaban J connectivity index is -0.000000360. The first kappa shape index (κ1) is 32.1. The van der Waals surface area contributed by atoms with Crippen molar-refractivity contribution in [2.24, 2.45) is 0 Å². The maximum absolute atomic E-state index is 10.1. The predicted octanol–water partition coefficient (Wildman–Crippen LogP) is 6.90. The Kier molecular flexibility index (Phi) is 31.7. The second-order valence-corrected chi connectivity index (χ2v) is 7.32. The smallest absolute Gasteiger partial charge is 0.303 e. The van der Waals surface area contributed by atoms with Crippen LogP contribution in [-0.2, 0) is 14.4 Å². The molecule has 0 aromatic rings. The van der Waals surface area contributed by atoms with E-state index in [0.29, 0.717) is 19.3 Å². The molecule has 0 unspecified atom stereocenters. The molecule has 6 nitrogen and oxygen atoms in total. The minimum atomic E-state index is -0.693.